The van der Waals surface area contributed by atoms with Gasteiger partial charge in [0.05, 0.1) is 0 Å². The average molecular weight is 370 g/mol. The number of hydrogen-bond donors (Lipinski definition) is 1. The van der Waals surface area contributed by atoms with Crippen molar-refractivity contribution in [3.63, 3.8) is 0 Å². The minimum atomic E-state index is 0.0308. The number of ketones is 1. The Morgan fingerprint density at radius 3 is 1.96 bits per heavy atom. The zero-order valence-corrected chi connectivity index (χ0v) is 16.5. The van der Waals surface area contributed by atoms with E-state index in [1.807, 2.05) is 54.6 Å². The van der Waals surface area contributed by atoms with E-state index in [0.717, 1.165) is 12.1 Å². The molecular formula is C26H27NO. The van der Waals surface area contributed by atoms with Crippen LogP contribution >= 0.6 is 0 Å². The quantitative estimate of drug-likeness (QED) is 0.391. The van der Waals surface area contributed by atoms with Gasteiger partial charge in [0.2, 0.25) is 0 Å². The number of allylic oxidation sites excluding steroid dienone is 2. The Labute approximate surface area is 167 Å². The van der Waals surface area contributed by atoms with Crippen LogP contribution in [0.25, 0.3) is 0 Å². The van der Waals surface area contributed by atoms with Crippen molar-refractivity contribution in [1.82, 2.24) is 5.32 Å². The van der Waals surface area contributed by atoms with E-state index < -0.39 is 0 Å². The summed E-state index contributed by atoms with van der Waals surface area (Å²) in [5.74, 6) is 0.226. The fourth-order valence-corrected chi connectivity index (χ4v) is 3.31. The first kappa shape index (κ1) is 19.6. The molecule has 2 heteroatoms. The molecule has 0 unspecified atom stereocenters. The van der Waals surface area contributed by atoms with E-state index in [2.05, 4.69) is 55.6 Å². The number of carbonyl (C=O) groups is 1. The molecule has 0 amide bonds. The van der Waals surface area contributed by atoms with Gasteiger partial charge in [-0.1, -0.05) is 97.9 Å². The van der Waals surface area contributed by atoms with Crippen LogP contribution < -0.4 is 5.32 Å². The number of carbonyl (C=O) groups excluding carboxylic acids is 1. The number of rotatable bonds is 8. The van der Waals surface area contributed by atoms with Gasteiger partial charge in [-0.2, -0.15) is 0 Å². The Hall–Kier alpha value is -3.13. The van der Waals surface area contributed by atoms with Crippen LogP contribution in [0.4, 0.5) is 0 Å². The second-order valence-corrected chi connectivity index (χ2v) is 7.20. The summed E-state index contributed by atoms with van der Waals surface area (Å²) in [7, 11) is 0. The molecule has 3 aromatic rings. The van der Waals surface area contributed by atoms with E-state index >= 15 is 0 Å². The number of nitrogens with one attached hydrogen (secondary N) is 1. The fourth-order valence-electron chi connectivity index (χ4n) is 3.31. The van der Waals surface area contributed by atoms with Gasteiger partial charge in [-0.05, 0) is 24.5 Å². The molecule has 0 aliphatic rings. The summed E-state index contributed by atoms with van der Waals surface area (Å²) in [6.45, 7) is 4.30. The summed E-state index contributed by atoms with van der Waals surface area (Å²) in [4.78, 5) is 12.8. The van der Waals surface area contributed by atoms with E-state index in [1.165, 1.54) is 11.1 Å². The predicted molar refractivity (Wildman–Crippen MR) is 116 cm³/mol. The van der Waals surface area contributed by atoms with Crippen LogP contribution in [0.5, 0.6) is 0 Å². The summed E-state index contributed by atoms with van der Waals surface area (Å²) in [5, 5.41) is 3.59. The Kier molecular flexibility index (Phi) is 6.80. The summed E-state index contributed by atoms with van der Waals surface area (Å²) in [5.41, 5.74) is 4.14. The lowest BCUT2D eigenvalue weighted by Crippen LogP contribution is -2.24. The van der Waals surface area contributed by atoms with Gasteiger partial charge < -0.3 is 5.32 Å². The highest BCUT2D eigenvalue weighted by Crippen LogP contribution is 2.21. The third-order valence-corrected chi connectivity index (χ3v) is 4.94. The third-order valence-electron chi connectivity index (χ3n) is 4.94. The summed E-state index contributed by atoms with van der Waals surface area (Å²) in [6.07, 6.45) is 2.64. The number of hydrogen-bond acceptors (Lipinski definition) is 2. The Morgan fingerprint density at radius 1 is 0.821 bits per heavy atom. The minimum absolute atomic E-state index is 0.0308. The van der Waals surface area contributed by atoms with Crippen LogP contribution in [0, 0.1) is 5.92 Å². The van der Waals surface area contributed by atoms with Gasteiger partial charge in [-0.15, -0.1) is 0 Å². The number of benzene rings is 3. The van der Waals surface area contributed by atoms with Gasteiger partial charge in [0.25, 0.3) is 0 Å². The standard InChI is InChI=1S/C26H27NO/c1-20(18-22-12-6-3-7-13-22)25(19-26(28)24-16-10-5-11-17-24)27-21(2)23-14-8-4-9-15-23/h3-17,19-21,27H,18H2,1-2H3/b25-19-/t20-,21-/m1/s1. The Bertz CT molecular complexity index is 901. The molecule has 0 saturated carbocycles. The normalized spacial score (nSPS) is 13.6. The lowest BCUT2D eigenvalue weighted by atomic mass is 9.95. The van der Waals surface area contributed by atoms with Crippen molar-refractivity contribution in [2.24, 2.45) is 5.92 Å². The smallest absolute Gasteiger partial charge is 0.187 e. The molecule has 0 bridgehead atoms. The Morgan fingerprint density at radius 2 is 1.36 bits per heavy atom. The molecule has 0 aliphatic heterocycles. The molecule has 0 aliphatic carbocycles. The maximum Gasteiger partial charge on any atom is 0.187 e. The van der Waals surface area contributed by atoms with E-state index in [0.29, 0.717) is 5.56 Å². The highest BCUT2D eigenvalue weighted by molar-refractivity contribution is 6.04. The van der Waals surface area contributed by atoms with Crippen molar-refractivity contribution in [2.45, 2.75) is 26.3 Å². The SMILES string of the molecule is C[C@H](Cc1ccccc1)/C(=C/C(=O)c1ccccc1)N[C@H](C)c1ccccc1. The van der Waals surface area contributed by atoms with Gasteiger partial charge in [-0.25, -0.2) is 0 Å². The molecule has 2 nitrogen and oxygen atoms in total. The molecule has 1 N–H and O–H groups in total. The van der Waals surface area contributed by atoms with E-state index in [-0.39, 0.29) is 17.7 Å². The second kappa shape index (κ2) is 9.70. The third kappa shape index (κ3) is 5.43. The first-order valence-corrected chi connectivity index (χ1v) is 9.80. The van der Waals surface area contributed by atoms with Gasteiger partial charge in [0, 0.05) is 29.3 Å². The van der Waals surface area contributed by atoms with E-state index in [9.17, 15) is 4.79 Å². The van der Waals surface area contributed by atoms with Crippen LogP contribution in [0.15, 0.2) is 103 Å². The summed E-state index contributed by atoms with van der Waals surface area (Å²) < 4.78 is 0. The van der Waals surface area contributed by atoms with Crippen molar-refractivity contribution in [2.75, 3.05) is 0 Å². The van der Waals surface area contributed by atoms with Crippen LogP contribution in [0.1, 0.15) is 41.4 Å². The molecule has 0 fully saturated rings. The largest absolute Gasteiger partial charge is 0.381 e. The molecule has 3 rings (SSSR count). The van der Waals surface area contributed by atoms with Gasteiger partial charge >= 0.3 is 0 Å². The highest BCUT2D eigenvalue weighted by Gasteiger charge is 2.16. The molecule has 0 radical (unpaired) electrons. The monoisotopic (exact) mass is 369 g/mol. The lowest BCUT2D eigenvalue weighted by Gasteiger charge is -2.23. The summed E-state index contributed by atoms with van der Waals surface area (Å²) >= 11 is 0. The van der Waals surface area contributed by atoms with E-state index in [4.69, 9.17) is 0 Å². The molecule has 0 heterocycles. The molecule has 3 aromatic carbocycles. The molecule has 0 aromatic heterocycles. The van der Waals surface area contributed by atoms with Crippen LogP contribution in [0.2, 0.25) is 0 Å². The van der Waals surface area contributed by atoms with E-state index in [1.54, 1.807) is 6.08 Å². The molecule has 0 spiro atoms. The van der Waals surface area contributed by atoms with Gasteiger partial charge in [-0.3, -0.25) is 4.79 Å². The molecule has 28 heavy (non-hydrogen) atoms. The van der Waals surface area contributed by atoms with Gasteiger partial charge in [0.15, 0.2) is 5.78 Å². The first-order valence-electron chi connectivity index (χ1n) is 9.80. The zero-order chi connectivity index (χ0) is 19.8. The second-order valence-electron chi connectivity index (χ2n) is 7.20. The maximum absolute atomic E-state index is 12.8. The average Bonchev–Trinajstić information content (AvgIpc) is 2.75. The zero-order valence-electron chi connectivity index (χ0n) is 16.5. The predicted octanol–water partition coefficient (Wildman–Crippen LogP) is 5.98. The van der Waals surface area contributed by atoms with Crippen molar-refractivity contribution in [3.8, 4) is 0 Å². The van der Waals surface area contributed by atoms with Crippen molar-refractivity contribution in [3.05, 3.63) is 119 Å². The van der Waals surface area contributed by atoms with Crippen LogP contribution in [0.3, 0.4) is 0 Å². The lowest BCUT2D eigenvalue weighted by molar-refractivity contribution is 0.104. The van der Waals surface area contributed by atoms with Gasteiger partial charge in [0.1, 0.15) is 0 Å². The fraction of sp³-hybridized carbons (Fsp3) is 0.192. The Balaban J connectivity index is 1.84. The van der Waals surface area contributed by atoms with Crippen LogP contribution in [-0.2, 0) is 6.42 Å². The molecule has 2 atom stereocenters. The topological polar surface area (TPSA) is 29.1 Å². The summed E-state index contributed by atoms with van der Waals surface area (Å²) in [6, 6.07) is 30.3. The van der Waals surface area contributed by atoms with Crippen LogP contribution in [-0.4, -0.2) is 5.78 Å². The van der Waals surface area contributed by atoms with Crippen molar-refractivity contribution >= 4 is 5.78 Å². The molecule has 142 valence electrons. The van der Waals surface area contributed by atoms with Crippen molar-refractivity contribution in [1.29, 1.82) is 0 Å². The van der Waals surface area contributed by atoms with Crippen molar-refractivity contribution < 1.29 is 4.79 Å². The highest BCUT2D eigenvalue weighted by atomic mass is 16.1. The first-order chi connectivity index (χ1) is 13.6. The molecular weight excluding hydrogens is 342 g/mol. The molecule has 0 saturated heterocycles. The maximum atomic E-state index is 12.8. The minimum Gasteiger partial charge on any atom is -0.381 e.